The number of para-hydroxylation sites is 1. The number of aromatic amines is 1. The largest absolute Gasteiger partial charge is 0.398 e. The number of nitrogen functional groups attached to an aromatic ring is 1. The molecule has 0 atom stereocenters. The van der Waals surface area contributed by atoms with Crippen LogP contribution in [0.15, 0.2) is 73.1 Å². The van der Waals surface area contributed by atoms with Gasteiger partial charge in [0, 0.05) is 34.6 Å². The van der Waals surface area contributed by atoms with Gasteiger partial charge in [0.05, 0.1) is 11.3 Å². The number of aromatic nitrogens is 2. The van der Waals surface area contributed by atoms with Crippen LogP contribution in [0.3, 0.4) is 0 Å². The molecule has 0 spiro atoms. The van der Waals surface area contributed by atoms with Gasteiger partial charge in [-0.05, 0) is 29.8 Å². The predicted molar refractivity (Wildman–Crippen MR) is 118 cm³/mol. The summed E-state index contributed by atoms with van der Waals surface area (Å²) in [5.74, 6) is -0.892. The Labute approximate surface area is 172 Å². The lowest BCUT2D eigenvalue weighted by atomic mass is 10.0. The van der Waals surface area contributed by atoms with Crippen LogP contribution in [0.5, 0.6) is 0 Å². The Hall–Kier alpha value is -4.39. The average molecular weight is 397 g/mol. The van der Waals surface area contributed by atoms with E-state index in [0.29, 0.717) is 44.7 Å². The number of carbonyl (C=O) groups excluding carboxylic acids is 2. The van der Waals surface area contributed by atoms with Crippen molar-refractivity contribution in [2.24, 2.45) is 5.73 Å². The number of rotatable bonds is 5. The fourth-order valence-corrected chi connectivity index (χ4v) is 3.26. The van der Waals surface area contributed by atoms with Crippen LogP contribution in [0.2, 0.25) is 0 Å². The quantitative estimate of drug-likeness (QED) is 0.304. The van der Waals surface area contributed by atoms with Crippen LogP contribution < -0.4 is 16.8 Å². The van der Waals surface area contributed by atoms with Crippen molar-refractivity contribution in [1.82, 2.24) is 9.97 Å². The van der Waals surface area contributed by atoms with Gasteiger partial charge in [-0.3, -0.25) is 9.59 Å². The van der Waals surface area contributed by atoms with Gasteiger partial charge in [0.15, 0.2) is 0 Å². The first-order valence-electron chi connectivity index (χ1n) is 9.23. The first kappa shape index (κ1) is 18.9. The molecule has 0 unspecified atom stereocenters. The topological polar surface area (TPSA) is 127 Å². The van der Waals surface area contributed by atoms with E-state index in [2.05, 4.69) is 15.3 Å². The third-order valence-corrected chi connectivity index (χ3v) is 4.71. The highest BCUT2D eigenvalue weighted by Gasteiger charge is 2.16. The number of hydrogen-bond acceptors (Lipinski definition) is 4. The van der Waals surface area contributed by atoms with Crippen LogP contribution in [0.25, 0.3) is 22.7 Å². The number of nitrogens with zero attached hydrogens (tertiary/aromatic N) is 1. The zero-order valence-electron chi connectivity index (χ0n) is 15.9. The number of H-pyrrole nitrogens is 1. The summed E-state index contributed by atoms with van der Waals surface area (Å²) < 4.78 is 0. The van der Waals surface area contributed by atoms with E-state index in [-0.39, 0.29) is 5.91 Å². The van der Waals surface area contributed by atoms with Crippen LogP contribution in [-0.2, 0) is 4.79 Å². The van der Waals surface area contributed by atoms with Crippen molar-refractivity contribution in [3.8, 4) is 0 Å². The zero-order valence-corrected chi connectivity index (χ0v) is 15.9. The number of nitrogens with one attached hydrogen (secondary N) is 2. The molecule has 0 fully saturated rings. The van der Waals surface area contributed by atoms with E-state index in [1.165, 1.54) is 0 Å². The summed E-state index contributed by atoms with van der Waals surface area (Å²) in [6.45, 7) is 0. The minimum absolute atomic E-state index is 0.338. The Morgan fingerprint density at radius 3 is 2.47 bits per heavy atom. The van der Waals surface area contributed by atoms with Crippen molar-refractivity contribution < 1.29 is 9.59 Å². The van der Waals surface area contributed by atoms with E-state index in [1.807, 2.05) is 30.3 Å². The molecule has 2 amide bonds. The monoisotopic (exact) mass is 397 g/mol. The van der Waals surface area contributed by atoms with Gasteiger partial charge in [0.2, 0.25) is 5.91 Å². The summed E-state index contributed by atoms with van der Waals surface area (Å²) in [6, 6.07) is 17.7. The van der Waals surface area contributed by atoms with Gasteiger partial charge in [0.1, 0.15) is 5.65 Å². The lowest BCUT2D eigenvalue weighted by Gasteiger charge is -2.09. The molecule has 4 aromatic rings. The van der Waals surface area contributed by atoms with Gasteiger partial charge in [-0.15, -0.1) is 0 Å². The first-order chi connectivity index (χ1) is 14.5. The van der Waals surface area contributed by atoms with Gasteiger partial charge in [-0.25, -0.2) is 4.98 Å². The molecular weight excluding hydrogens is 378 g/mol. The summed E-state index contributed by atoms with van der Waals surface area (Å²) >= 11 is 0. The highest BCUT2D eigenvalue weighted by atomic mass is 16.2. The van der Waals surface area contributed by atoms with Crippen molar-refractivity contribution in [2.75, 3.05) is 11.1 Å². The Balaban J connectivity index is 1.79. The summed E-state index contributed by atoms with van der Waals surface area (Å²) in [4.78, 5) is 32.2. The van der Waals surface area contributed by atoms with Crippen molar-refractivity contribution in [1.29, 1.82) is 0 Å². The average Bonchev–Trinajstić information content (AvgIpc) is 3.16. The molecule has 0 aliphatic carbocycles. The van der Waals surface area contributed by atoms with E-state index in [0.717, 1.165) is 0 Å². The molecule has 0 saturated heterocycles. The fraction of sp³-hybridized carbons (Fsp3) is 0. The molecule has 2 aromatic carbocycles. The van der Waals surface area contributed by atoms with Gasteiger partial charge in [-0.2, -0.15) is 0 Å². The number of amides is 2. The van der Waals surface area contributed by atoms with Gasteiger partial charge < -0.3 is 21.8 Å². The lowest BCUT2D eigenvalue weighted by molar-refractivity contribution is -0.112. The fourth-order valence-electron chi connectivity index (χ4n) is 3.26. The van der Waals surface area contributed by atoms with Crippen molar-refractivity contribution in [3.05, 3.63) is 89.7 Å². The first-order valence-corrected chi connectivity index (χ1v) is 9.23. The number of pyridine rings is 1. The molecule has 0 radical (unpaired) electrons. The zero-order chi connectivity index (χ0) is 21.1. The molecule has 0 bridgehead atoms. The molecule has 0 saturated carbocycles. The van der Waals surface area contributed by atoms with E-state index < -0.39 is 5.91 Å². The molecule has 0 aliphatic heterocycles. The maximum atomic E-state index is 12.8. The molecular formula is C23H19N5O2. The number of carbonyl (C=O) groups is 2. The molecule has 4 rings (SSSR count). The SMILES string of the molecule is NC(=O)/C(=C/c1c[nH]c2nccc(NC(=O)c3ccccc3N)c12)c1ccccc1. The molecule has 7 heteroatoms. The van der Waals surface area contributed by atoms with Crippen LogP contribution in [0, 0.1) is 0 Å². The Morgan fingerprint density at radius 1 is 1.00 bits per heavy atom. The second kappa shape index (κ2) is 7.92. The third-order valence-electron chi connectivity index (χ3n) is 4.71. The molecule has 148 valence electrons. The predicted octanol–water partition coefficient (Wildman–Crippen LogP) is 3.42. The van der Waals surface area contributed by atoms with Crippen LogP contribution in [0.1, 0.15) is 21.5 Å². The van der Waals surface area contributed by atoms with Crippen LogP contribution in [-0.4, -0.2) is 21.8 Å². The van der Waals surface area contributed by atoms with Gasteiger partial charge in [0.25, 0.3) is 5.91 Å². The third kappa shape index (κ3) is 3.64. The molecule has 0 aliphatic rings. The van der Waals surface area contributed by atoms with E-state index in [9.17, 15) is 9.59 Å². The van der Waals surface area contributed by atoms with E-state index >= 15 is 0 Å². The summed E-state index contributed by atoms with van der Waals surface area (Å²) in [7, 11) is 0. The number of nitrogens with two attached hydrogens (primary N) is 2. The van der Waals surface area contributed by atoms with Gasteiger partial charge in [-0.1, -0.05) is 42.5 Å². The highest BCUT2D eigenvalue weighted by molar-refractivity contribution is 6.24. The normalized spacial score (nSPS) is 11.4. The van der Waals surface area contributed by atoms with E-state index in [4.69, 9.17) is 11.5 Å². The Bertz CT molecular complexity index is 1280. The number of fused-ring (bicyclic) bond motifs is 1. The summed E-state index contributed by atoms with van der Waals surface area (Å²) in [5, 5.41) is 3.55. The van der Waals surface area contributed by atoms with Gasteiger partial charge >= 0.3 is 0 Å². The maximum absolute atomic E-state index is 12.8. The number of primary amides is 1. The second-order valence-corrected chi connectivity index (χ2v) is 6.66. The number of anilines is 2. The summed E-state index contributed by atoms with van der Waals surface area (Å²) in [5.41, 5.74) is 15.1. The van der Waals surface area contributed by atoms with Crippen molar-refractivity contribution >= 4 is 45.9 Å². The Kier molecular flexibility index (Phi) is 5.00. The molecule has 30 heavy (non-hydrogen) atoms. The minimum Gasteiger partial charge on any atom is -0.398 e. The maximum Gasteiger partial charge on any atom is 0.257 e. The van der Waals surface area contributed by atoms with Crippen molar-refractivity contribution in [3.63, 3.8) is 0 Å². The van der Waals surface area contributed by atoms with E-state index in [1.54, 1.807) is 48.8 Å². The highest BCUT2D eigenvalue weighted by Crippen LogP contribution is 2.29. The molecule has 7 nitrogen and oxygen atoms in total. The smallest absolute Gasteiger partial charge is 0.257 e. The minimum atomic E-state index is -0.554. The number of hydrogen-bond donors (Lipinski definition) is 4. The van der Waals surface area contributed by atoms with Crippen LogP contribution in [0.4, 0.5) is 11.4 Å². The lowest BCUT2D eigenvalue weighted by Crippen LogP contribution is -2.14. The van der Waals surface area contributed by atoms with Crippen LogP contribution >= 0.6 is 0 Å². The number of benzene rings is 2. The Morgan fingerprint density at radius 2 is 1.73 bits per heavy atom. The summed E-state index contributed by atoms with van der Waals surface area (Å²) in [6.07, 6.45) is 4.99. The second-order valence-electron chi connectivity index (χ2n) is 6.66. The van der Waals surface area contributed by atoms with Crippen molar-refractivity contribution in [2.45, 2.75) is 0 Å². The molecule has 6 N–H and O–H groups in total. The molecule has 2 aromatic heterocycles. The standard InChI is InChI=1S/C23H19N5O2/c24-18-9-5-4-8-16(18)23(30)28-19-10-11-26-22-20(19)15(13-27-22)12-17(21(25)29)14-6-2-1-3-7-14/h1-13H,24H2,(H2,25,29)(H2,26,27,28,30)/b17-12+. The molecule has 2 heterocycles.